The number of hydrogen-bond acceptors (Lipinski definition) is 4. The number of ether oxygens (including phenoxy) is 2. The molecule has 0 aromatic heterocycles. The van der Waals surface area contributed by atoms with Crippen molar-refractivity contribution in [3.8, 4) is 44.9 Å². The van der Waals surface area contributed by atoms with Gasteiger partial charge in [-0.1, -0.05) is 49.7 Å². The van der Waals surface area contributed by atoms with Crippen LogP contribution in [0.3, 0.4) is 0 Å². The quantitative estimate of drug-likeness (QED) is 0.197. The fourth-order valence-corrected chi connectivity index (χ4v) is 5.34. The Bertz CT molecular complexity index is 1580. The van der Waals surface area contributed by atoms with Crippen molar-refractivity contribution in [3.05, 3.63) is 94.6 Å². The van der Waals surface area contributed by atoms with Crippen molar-refractivity contribution >= 4 is 5.97 Å². The Labute approximate surface area is 239 Å². The van der Waals surface area contributed by atoms with Gasteiger partial charge in [0.1, 0.15) is 23.1 Å². The summed E-state index contributed by atoms with van der Waals surface area (Å²) in [4.78, 5) is 10.9. The first-order valence-corrected chi connectivity index (χ1v) is 13.6. The lowest BCUT2D eigenvalue weighted by Crippen LogP contribution is -2.22. The van der Waals surface area contributed by atoms with E-state index >= 15 is 8.78 Å². The molecular formula is C34H35F2NO4. The van der Waals surface area contributed by atoms with Crippen LogP contribution < -0.4 is 14.8 Å². The first kappa shape index (κ1) is 29.7. The lowest BCUT2D eigenvalue weighted by atomic mass is 9.87. The standard InChI is InChI=1S/C34H35F2NO4/c1-6-9-28-30(35)14-22(16-32(28)40-4)24-10-7-12-26(20(24)2)27-13-8-11-25(21(27)3)23-15-31(36)29(33(17-23)41-5)18-37-19-34(38)39/h7-8,10-17,37H,6,9,18-19H2,1-5H3,(H,38,39). The summed E-state index contributed by atoms with van der Waals surface area (Å²) in [5, 5.41) is 11.6. The molecule has 0 spiro atoms. The number of carboxylic acid groups (broad SMARTS) is 1. The minimum absolute atomic E-state index is 0.0252. The molecule has 4 aromatic carbocycles. The van der Waals surface area contributed by atoms with Gasteiger partial charge in [-0.2, -0.15) is 0 Å². The average Bonchev–Trinajstić information content (AvgIpc) is 2.95. The van der Waals surface area contributed by atoms with Crippen molar-refractivity contribution in [1.29, 1.82) is 0 Å². The number of halogens is 2. The molecule has 0 amide bonds. The number of carbonyl (C=O) groups is 1. The highest BCUT2D eigenvalue weighted by molar-refractivity contribution is 5.84. The maximum absolute atomic E-state index is 15.2. The van der Waals surface area contributed by atoms with Crippen LogP contribution in [0.25, 0.3) is 33.4 Å². The molecular weight excluding hydrogens is 524 g/mol. The molecule has 0 saturated heterocycles. The normalized spacial score (nSPS) is 11.0. The molecule has 0 atom stereocenters. The Morgan fingerprint density at radius 2 is 1.24 bits per heavy atom. The van der Waals surface area contributed by atoms with Crippen LogP contribution in [0.4, 0.5) is 8.78 Å². The van der Waals surface area contributed by atoms with E-state index in [9.17, 15) is 4.79 Å². The summed E-state index contributed by atoms with van der Waals surface area (Å²) < 4.78 is 41.3. The van der Waals surface area contributed by atoms with Crippen LogP contribution in [-0.4, -0.2) is 31.8 Å². The monoisotopic (exact) mass is 559 g/mol. The first-order chi connectivity index (χ1) is 19.7. The number of aliphatic carboxylic acids is 1. The number of methoxy groups -OCH3 is 2. The molecule has 5 nitrogen and oxygen atoms in total. The third kappa shape index (κ3) is 6.25. The summed E-state index contributed by atoms with van der Waals surface area (Å²) in [6.07, 6.45) is 1.42. The van der Waals surface area contributed by atoms with Gasteiger partial charge in [0.25, 0.3) is 0 Å². The molecule has 0 aliphatic carbocycles. The number of hydrogen-bond donors (Lipinski definition) is 2. The van der Waals surface area contributed by atoms with Gasteiger partial charge in [-0.3, -0.25) is 4.79 Å². The number of rotatable bonds is 11. The topological polar surface area (TPSA) is 67.8 Å². The summed E-state index contributed by atoms with van der Waals surface area (Å²) in [7, 11) is 3.02. The summed E-state index contributed by atoms with van der Waals surface area (Å²) in [6.45, 7) is 5.76. The Hall–Kier alpha value is -4.23. The molecule has 0 fully saturated rings. The highest BCUT2D eigenvalue weighted by Crippen LogP contribution is 2.39. The van der Waals surface area contributed by atoms with E-state index in [0.29, 0.717) is 29.0 Å². The Morgan fingerprint density at radius 1 is 0.780 bits per heavy atom. The molecule has 4 aromatic rings. The molecule has 4 rings (SSSR count). The summed E-state index contributed by atoms with van der Waals surface area (Å²) in [5.41, 5.74) is 7.88. The minimum atomic E-state index is -1.02. The summed E-state index contributed by atoms with van der Waals surface area (Å²) in [6, 6.07) is 18.5. The zero-order valence-electron chi connectivity index (χ0n) is 24.0. The van der Waals surface area contributed by atoms with Crippen molar-refractivity contribution < 1.29 is 28.2 Å². The van der Waals surface area contributed by atoms with Crippen LogP contribution in [0.1, 0.15) is 35.6 Å². The van der Waals surface area contributed by atoms with Gasteiger partial charge in [-0.05, 0) is 89.0 Å². The number of nitrogens with one attached hydrogen (secondary N) is 1. The van der Waals surface area contributed by atoms with Crippen LogP contribution in [0.15, 0.2) is 60.7 Å². The molecule has 0 bridgehead atoms. The predicted octanol–water partition coefficient (Wildman–Crippen LogP) is 7.73. The second kappa shape index (κ2) is 13.0. The Morgan fingerprint density at radius 3 is 1.71 bits per heavy atom. The van der Waals surface area contributed by atoms with E-state index in [2.05, 4.69) is 5.32 Å². The molecule has 0 heterocycles. The van der Waals surface area contributed by atoms with Gasteiger partial charge in [-0.15, -0.1) is 0 Å². The third-order valence-corrected chi connectivity index (χ3v) is 7.41. The highest BCUT2D eigenvalue weighted by atomic mass is 19.1. The predicted molar refractivity (Wildman–Crippen MR) is 159 cm³/mol. The van der Waals surface area contributed by atoms with Crippen LogP contribution in [0.5, 0.6) is 11.5 Å². The number of benzene rings is 4. The second-order valence-electron chi connectivity index (χ2n) is 9.98. The van der Waals surface area contributed by atoms with E-state index in [1.54, 1.807) is 19.2 Å². The molecule has 7 heteroatoms. The molecule has 0 aliphatic heterocycles. The summed E-state index contributed by atoms with van der Waals surface area (Å²) in [5.74, 6) is -0.902. The van der Waals surface area contributed by atoms with Crippen molar-refractivity contribution in [2.24, 2.45) is 0 Å². The molecule has 0 saturated carbocycles. The van der Waals surface area contributed by atoms with Crippen LogP contribution in [-0.2, 0) is 17.8 Å². The first-order valence-electron chi connectivity index (χ1n) is 13.6. The van der Waals surface area contributed by atoms with Gasteiger partial charge in [0.15, 0.2) is 0 Å². The SMILES string of the molecule is CCCc1c(F)cc(-c2cccc(-c3cccc(-c4cc(F)c(CNCC(=O)O)c(OC)c4)c3C)c2C)cc1OC. The summed E-state index contributed by atoms with van der Waals surface area (Å²) >= 11 is 0. The zero-order chi connectivity index (χ0) is 29.7. The lowest BCUT2D eigenvalue weighted by Gasteiger charge is -2.18. The molecule has 0 unspecified atom stereocenters. The molecule has 2 N–H and O–H groups in total. The van der Waals surface area contributed by atoms with Crippen molar-refractivity contribution in [2.75, 3.05) is 20.8 Å². The van der Waals surface area contributed by atoms with E-state index < -0.39 is 11.8 Å². The van der Waals surface area contributed by atoms with Gasteiger partial charge >= 0.3 is 5.97 Å². The van der Waals surface area contributed by atoms with Crippen LogP contribution >= 0.6 is 0 Å². The molecule has 0 radical (unpaired) electrons. The largest absolute Gasteiger partial charge is 0.496 e. The van der Waals surface area contributed by atoms with Gasteiger partial charge in [0.2, 0.25) is 0 Å². The molecule has 0 aliphatic rings. The lowest BCUT2D eigenvalue weighted by molar-refractivity contribution is -0.136. The zero-order valence-corrected chi connectivity index (χ0v) is 24.0. The fourth-order valence-electron chi connectivity index (χ4n) is 5.34. The Balaban J connectivity index is 1.77. The fraction of sp³-hybridized carbons (Fsp3) is 0.265. The van der Waals surface area contributed by atoms with E-state index in [0.717, 1.165) is 45.4 Å². The highest BCUT2D eigenvalue weighted by Gasteiger charge is 2.18. The van der Waals surface area contributed by atoms with E-state index in [-0.39, 0.29) is 24.5 Å². The third-order valence-electron chi connectivity index (χ3n) is 7.41. The van der Waals surface area contributed by atoms with Crippen LogP contribution in [0.2, 0.25) is 0 Å². The van der Waals surface area contributed by atoms with Crippen molar-refractivity contribution in [3.63, 3.8) is 0 Å². The smallest absolute Gasteiger partial charge is 0.317 e. The van der Waals surface area contributed by atoms with E-state index in [1.807, 2.05) is 63.2 Å². The maximum Gasteiger partial charge on any atom is 0.317 e. The molecule has 214 valence electrons. The van der Waals surface area contributed by atoms with Gasteiger partial charge in [0, 0.05) is 17.7 Å². The van der Waals surface area contributed by atoms with Gasteiger partial charge in [0.05, 0.1) is 20.8 Å². The van der Waals surface area contributed by atoms with Gasteiger partial charge in [-0.25, -0.2) is 8.78 Å². The minimum Gasteiger partial charge on any atom is -0.496 e. The van der Waals surface area contributed by atoms with E-state index in [1.165, 1.54) is 13.2 Å². The Kier molecular flexibility index (Phi) is 9.40. The van der Waals surface area contributed by atoms with E-state index in [4.69, 9.17) is 14.6 Å². The number of carboxylic acids is 1. The van der Waals surface area contributed by atoms with Crippen molar-refractivity contribution in [1.82, 2.24) is 5.32 Å². The van der Waals surface area contributed by atoms with Crippen LogP contribution in [0, 0.1) is 25.5 Å². The maximum atomic E-state index is 15.2. The second-order valence-corrected chi connectivity index (χ2v) is 9.98. The van der Waals surface area contributed by atoms with Gasteiger partial charge < -0.3 is 19.9 Å². The van der Waals surface area contributed by atoms with Crippen molar-refractivity contribution in [2.45, 2.75) is 40.2 Å². The molecule has 41 heavy (non-hydrogen) atoms. The average molecular weight is 560 g/mol.